The fourth-order valence-corrected chi connectivity index (χ4v) is 3.32. The molecule has 1 aliphatic carbocycles. The number of aromatic nitrogens is 2. The summed E-state index contributed by atoms with van der Waals surface area (Å²) in [5, 5.41) is 7.50. The van der Waals surface area contributed by atoms with Crippen LogP contribution in [0.4, 0.5) is 0 Å². The van der Waals surface area contributed by atoms with Crippen molar-refractivity contribution in [2.75, 3.05) is 13.7 Å². The minimum atomic E-state index is 0.286. The van der Waals surface area contributed by atoms with Gasteiger partial charge < -0.3 is 14.6 Å². The summed E-state index contributed by atoms with van der Waals surface area (Å²) in [6.45, 7) is 0.878. The Hall–Kier alpha value is -0.940. The number of ether oxygens (including phenoxy) is 1. The molecule has 112 valence electrons. The van der Waals surface area contributed by atoms with Crippen LogP contribution in [0.3, 0.4) is 0 Å². The molecule has 1 saturated carbocycles. The van der Waals surface area contributed by atoms with Gasteiger partial charge in [0.15, 0.2) is 5.82 Å². The lowest BCUT2D eigenvalue weighted by Gasteiger charge is -2.25. The van der Waals surface area contributed by atoms with Crippen molar-refractivity contribution in [3.8, 4) is 0 Å². The van der Waals surface area contributed by atoms with E-state index in [0.717, 1.165) is 44.0 Å². The Kier molecular flexibility index (Phi) is 4.68. The average molecular weight is 279 g/mol. The van der Waals surface area contributed by atoms with Gasteiger partial charge in [-0.2, -0.15) is 4.98 Å². The van der Waals surface area contributed by atoms with Gasteiger partial charge >= 0.3 is 0 Å². The number of hydrogen-bond acceptors (Lipinski definition) is 5. The van der Waals surface area contributed by atoms with Crippen molar-refractivity contribution in [3.05, 3.63) is 11.7 Å². The lowest BCUT2D eigenvalue weighted by Crippen LogP contribution is -2.29. The van der Waals surface area contributed by atoms with Crippen molar-refractivity contribution < 1.29 is 9.26 Å². The smallest absolute Gasteiger partial charge is 0.229 e. The molecule has 5 nitrogen and oxygen atoms in total. The van der Waals surface area contributed by atoms with Crippen LogP contribution in [0.1, 0.15) is 62.6 Å². The Balaban J connectivity index is 1.54. The molecule has 1 aromatic heterocycles. The first kappa shape index (κ1) is 14.0. The van der Waals surface area contributed by atoms with Crippen LogP contribution in [0.2, 0.25) is 0 Å². The quantitative estimate of drug-likeness (QED) is 0.917. The predicted octanol–water partition coefficient (Wildman–Crippen LogP) is 2.43. The Morgan fingerprint density at radius 3 is 2.70 bits per heavy atom. The summed E-state index contributed by atoms with van der Waals surface area (Å²) in [5.41, 5.74) is 0. The van der Waals surface area contributed by atoms with Crippen LogP contribution >= 0.6 is 0 Å². The first-order chi connectivity index (χ1) is 9.85. The third kappa shape index (κ3) is 3.38. The fraction of sp³-hybridized carbons (Fsp3) is 0.867. The molecule has 3 rings (SSSR count). The van der Waals surface area contributed by atoms with E-state index >= 15 is 0 Å². The molecule has 0 spiro atoms. The molecule has 1 aliphatic heterocycles. The van der Waals surface area contributed by atoms with Crippen LogP contribution in [0.5, 0.6) is 0 Å². The highest BCUT2D eigenvalue weighted by molar-refractivity contribution is 4.98. The van der Waals surface area contributed by atoms with Crippen molar-refractivity contribution in [2.45, 2.75) is 69.4 Å². The van der Waals surface area contributed by atoms with Gasteiger partial charge in [-0.3, -0.25) is 0 Å². The third-order valence-corrected chi connectivity index (χ3v) is 4.65. The van der Waals surface area contributed by atoms with Crippen molar-refractivity contribution >= 4 is 0 Å². The van der Waals surface area contributed by atoms with Gasteiger partial charge in [0.1, 0.15) is 0 Å². The van der Waals surface area contributed by atoms with E-state index in [2.05, 4.69) is 15.5 Å². The van der Waals surface area contributed by atoms with Crippen molar-refractivity contribution in [2.24, 2.45) is 0 Å². The van der Waals surface area contributed by atoms with Crippen LogP contribution in [-0.4, -0.2) is 35.9 Å². The van der Waals surface area contributed by atoms with Gasteiger partial charge in [-0.15, -0.1) is 0 Å². The molecule has 20 heavy (non-hydrogen) atoms. The second kappa shape index (κ2) is 6.68. The molecule has 1 unspecified atom stereocenters. The van der Waals surface area contributed by atoms with E-state index in [4.69, 9.17) is 9.26 Å². The number of hydrogen-bond donors (Lipinski definition) is 1. The van der Waals surface area contributed by atoms with Crippen LogP contribution in [-0.2, 0) is 11.2 Å². The highest BCUT2D eigenvalue weighted by Crippen LogP contribution is 2.32. The predicted molar refractivity (Wildman–Crippen MR) is 75.6 cm³/mol. The molecule has 1 atom stereocenters. The van der Waals surface area contributed by atoms with Gasteiger partial charge in [0.2, 0.25) is 5.89 Å². The van der Waals surface area contributed by atoms with Gasteiger partial charge in [-0.25, -0.2) is 0 Å². The zero-order chi connectivity index (χ0) is 13.8. The normalized spacial score (nSPS) is 31.4. The van der Waals surface area contributed by atoms with Crippen molar-refractivity contribution in [1.29, 1.82) is 0 Å². The van der Waals surface area contributed by atoms with Crippen molar-refractivity contribution in [1.82, 2.24) is 15.5 Å². The molecule has 0 bridgehead atoms. The molecule has 1 N–H and O–H groups in total. The minimum absolute atomic E-state index is 0.286. The lowest BCUT2D eigenvalue weighted by molar-refractivity contribution is 0.0153. The van der Waals surface area contributed by atoms with Crippen LogP contribution < -0.4 is 5.32 Å². The fourth-order valence-electron chi connectivity index (χ4n) is 3.32. The first-order valence-corrected chi connectivity index (χ1v) is 7.96. The Morgan fingerprint density at radius 1 is 1.15 bits per heavy atom. The molecule has 2 fully saturated rings. The summed E-state index contributed by atoms with van der Waals surface area (Å²) >= 11 is 0. The molecule has 1 saturated heterocycles. The van der Waals surface area contributed by atoms with E-state index in [1.165, 1.54) is 25.7 Å². The Labute approximate surface area is 120 Å². The van der Waals surface area contributed by atoms with Gasteiger partial charge in [0, 0.05) is 25.0 Å². The minimum Gasteiger partial charge on any atom is -0.378 e. The number of nitrogens with one attached hydrogen (secondary N) is 1. The molecule has 0 radical (unpaired) electrons. The Morgan fingerprint density at radius 2 is 2.00 bits per heavy atom. The van der Waals surface area contributed by atoms with Crippen LogP contribution in [0.25, 0.3) is 0 Å². The maximum atomic E-state index is 5.74. The summed E-state index contributed by atoms with van der Waals surface area (Å²) in [4.78, 5) is 4.60. The van der Waals surface area contributed by atoms with Crippen LogP contribution in [0, 0.1) is 0 Å². The average Bonchev–Trinajstić information content (AvgIpc) is 2.97. The topological polar surface area (TPSA) is 60.2 Å². The van der Waals surface area contributed by atoms with Crippen LogP contribution in [0.15, 0.2) is 4.52 Å². The van der Waals surface area contributed by atoms with Gasteiger partial charge in [-0.05, 0) is 52.0 Å². The van der Waals surface area contributed by atoms with E-state index in [1.54, 1.807) is 0 Å². The van der Waals surface area contributed by atoms with E-state index < -0.39 is 0 Å². The molecule has 1 aromatic rings. The molecule has 0 aromatic carbocycles. The van der Waals surface area contributed by atoms with E-state index in [1.807, 2.05) is 7.05 Å². The van der Waals surface area contributed by atoms with E-state index in [-0.39, 0.29) is 6.10 Å². The standard InChI is InChI=1S/C15H25N3O2/c1-16-12-7-5-11(6-8-12)15-17-14(18-20-15)10-13-4-2-3-9-19-13/h11-13,16H,2-10H2,1H3. The zero-order valence-corrected chi connectivity index (χ0v) is 12.3. The maximum absolute atomic E-state index is 5.74. The van der Waals surface area contributed by atoms with E-state index in [0.29, 0.717) is 12.0 Å². The number of nitrogens with zero attached hydrogens (tertiary/aromatic N) is 2. The largest absolute Gasteiger partial charge is 0.378 e. The first-order valence-electron chi connectivity index (χ1n) is 7.96. The maximum Gasteiger partial charge on any atom is 0.229 e. The monoisotopic (exact) mass is 279 g/mol. The molecular formula is C15H25N3O2. The van der Waals surface area contributed by atoms with E-state index in [9.17, 15) is 0 Å². The molecule has 2 aliphatic rings. The molecule has 5 heteroatoms. The lowest BCUT2D eigenvalue weighted by atomic mass is 9.86. The summed E-state index contributed by atoms with van der Waals surface area (Å²) in [6, 6.07) is 0.657. The summed E-state index contributed by atoms with van der Waals surface area (Å²) in [7, 11) is 2.04. The third-order valence-electron chi connectivity index (χ3n) is 4.65. The Bertz CT molecular complexity index is 407. The molecular weight excluding hydrogens is 254 g/mol. The second-order valence-electron chi connectivity index (χ2n) is 6.08. The highest BCUT2D eigenvalue weighted by Gasteiger charge is 2.26. The SMILES string of the molecule is CNC1CCC(c2nc(CC3CCCCO3)no2)CC1. The van der Waals surface area contributed by atoms with Gasteiger partial charge in [-0.1, -0.05) is 5.16 Å². The second-order valence-corrected chi connectivity index (χ2v) is 6.08. The molecule has 2 heterocycles. The van der Waals surface area contributed by atoms with Gasteiger partial charge in [0.05, 0.1) is 6.10 Å². The number of rotatable bonds is 4. The zero-order valence-electron chi connectivity index (χ0n) is 12.3. The van der Waals surface area contributed by atoms with Crippen molar-refractivity contribution in [3.63, 3.8) is 0 Å². The summed E-state index contributed by atoms with van der Waals surface area (Å²) in [5.74, 6) is 2.11. The summed E-state index contributed by atoms with van der Waals surface area (Å²) in [6.07, 6.45) is 9.34. The summed E-state index contributed by atoms with van der Waals surface area (Å²) < 4.78 is 11.2. The van der Waals surface area contributed by atoms with Gasteiger partial charge in [0.25, 0.3) is 0 Å². The highest BCUT2D eigenvalue weighted by atomic mass is 16.5. The molecule has 0 amide bonds.